The Morgan fingerprint density at radius 1 is 0.700 bits per heavy atom. The fourth-order valence-corrected chi connectivity index (χ4v) is 2.13. The van der Waals surface area contributed by atoms with Gasteiger partial charge in [0.2, 0.25) is 0 Å². The summed E-state index contributed by atoms with van der Waals surface area (Å²) >= 11 is 0. The second-order valence-electron chi connectivity index (χ2n) is 4.93. The minimum atomic E-state index is 0.997. The second-order valence-corrected chi connectivity index (χ2v) is 4.93. The molecule has 0 aliphatic heterocycles. The zero-order valence-electron chi connectivity index (χ0n) is 11.7. The van der Waals surface area contributed by atoms with E-state index in [4.69, 9.17) is 0 Å². The Labute approximate surface area is 118 Å². The smallest absolute Gasteiger partial charge is 0.169 e. The molecule has 3 aromatic heterocycles. The summed E-state index contributed by atoms with van der Waals surface area (Å²) in [6.45, 7) is 0. The van der Waals surface area contributed by atoms with Crippen molar-refractivity contribution in [2.24, 2.45) is 14.1 Å². The Morgan fingerprint density at radius 3 is 1.85 bits per heavy atom. The van der Waals surface area contributed by atoms with Gasteiger partial charge in [-0.05, 0) is 23.3 Å². The zero-order valence-corrected chi connectivity index (χ0v) is 11.7. The van der Waals surface area contributed by atoms with Crippen molar-refractivity contribution < 1.29 is 9.13 Å². The Kier molecular flexibility index (Phi) is 3.25. The summed E-state index contributed by atoms with van der Waals surface area (Å²) in [4.78, 5) is 4.47. The minimum Gasteiger partial charge on any atom is -0.256 e. The number of hydrogen-bond donors (Lipinski definition) is 0. The van der Waals surface area contributed by atoms with E-state index in [-0.39, 0.29) is 0 Å². The number of aryl methyl sites for hydroxylation is 2. The molecule has 0 amide bonds. The van der Waals surface area contributed by atoms with E-state index in [1.807, 2.05) is 47.9 Å². The molecule has 3 nitrogen and oxygen atoms in total. The number of aromatic nitrogens is 3. The van der Waals surface area contributed by atoms with Crippen molar-refractivity contribution in [2.45, 2.75) is 0 Å². The highest BCUT2D eigenvalue weighted by Crippen LogP contribution is 2.23. The predicted molar refractivity (Wildman–Crippen MR) is 77.5 cm³/mol. The van der Waals surface area contributed by atoms with Crippen LogP contribution in [-0.2, 0) is 14.1 Å². The van der Waals surface area contributed by atoms with Crippen LogP contribution in [0, 0.1) is 0 Å². The molecule has 0 aromatic carbocycles. The van der Waals surface area contributed by atoms with Crippen LogP contribution in [0.2, 0.25) is 0 Å². The molecule has 0 fully saturated rings. The highest BCUT2D eigenvalue weighted by molar-refractivity contribution is 5.69. The van der Waals surface area contributed by atoms with Crippen LogP contribution in [0.15, 0.2) is 67.4 Å². The van der Waals surface area contributed by atoms with Crippen LogP contribution in [-0.4, -0.2) is 4.98 Å². The molecule has 3 aromatic rings. The topological polar surface area (TPSA) is 20.6 Å². The van der Waals surface area contributed by atoms with E-state index in [0.29, 0.717) is 0 Å². The van der Waals surface area contributed by atoms with E-state index in [1.54, 1.807) is 0 Å². The summed E-state index contributed by atoms with van der Waals surface area (Å²) < 4.78 is 4.05. The lowest BCUT2D eigenvalue weighted by Crippen LogP contribution is -2.25. The van der Waals surface area contributed by atoms with Gasteiger partial charge in [-0.1, -0.05) is 0 Å². The maximum absolute atomic E-state index is 4.47. The quantitative estimate of drug-likeness (QED) is 0.648. The van der Waals surface area contributed by atoms with Gasteiger partial charge in [-0.15, -0.1) is 0 Å². The molecule has 0 aliphatic carbocycles. The molecule has 0 N–H and O–H groups in total. The average Bonchev–Trinajstić information content (AvgIpc) is 2.49. The molecular formula is C17H17N3+2. The van der Waals surface area contributed by atoms with Crippen LogP contribution in [0.1, 0.15) is 0 Å². The lowest BCUT2D eigenvalue weighted by Gasteiger charge is -2.04. The second kappa shape index (κ2) is 5.21. The third kappa shape index (κ3) is 2.57. The molecule has 0 aliphatic rings. The van der Waals surface area contributed by atoms with Crippen molar-refractivity contribution in [3.05, 3.63) is 67.4 Å². The monoisotopic (exact) mass is 263 g/mol. The summed E-state index contributed by atoms with van der Waals surface area (Å²) in [6.07, 6.45) is 10.0. The Balaban J connectivity index is 2.01. The van der Waals surface area contributed by atoms with E-state index < -0.39 is 0 Å². The first-order valence-electron chi connectivity index (χ1n) is 6.60. The maximum atomic E-state index is 4.47. The number of pyridine rings is 3. The van der Waals surface area contributed by atoms with Crippen LogP contribution < -0.4 is 9.13 Å². The number of hydrogen-bond acceptors (Lipinski definition) is 1. The summed E-state index contributed by atoms with van der Waals surface area (Å²) in [5, 5.41) is 0. The van der Waals surface area contributed by atoms with Gasteiger partial charge < -0.3 is 0 Å². The van der Waals surface area contributed by atoms with E-state index in [1.165, 1.54) is 11.1 Å². The molecule has 3 heterocycles. The van der Waals surface area contributed by atoms with E-state index in [2.05, 4.69) is 47.7 Å². The molecule has 0 saturated carbocycles. The van der Waals surface area contributed by atoms with Gasteiger partial charge in [0.15, 0.2) is 24.8 Å². The SMILES string of the molecule is C[n+]1ccc(-c2ccnc(-c3cc[n+](C)cc3)c2)cc1. The highest BCUT2D eigenvalue weighted by Gasteiger charge is 2.05. The third-order valence-electron chi connectivity index (χ3n) is 3.35. The van der Waals surface area contributed by atoms with Gasteiger partial charge in [0, 0.05) is 36.0 Å². The molecule has 0 spiro atoms. The summed E-state index contributed by atoms with van der Waals surface area (Å²) in [5.74, 6) is 0. The first kappa shape index (κ1) is 12.5. The van der Waals surface area contributed by atoms with Gasteiger partial charge in [-0.25, -0.2) is 9.13 Å². The normalized spacial score (nSPS) is 10.5. The van der Waals surface area contributed by atoms with Gasteiger partial charge in [0.25, 0.3) is 0 Å². The van der Waals surface area contributed by atoms with Crippen molar-refractivity contribution in [1.29, 1.82) is 0 Å². The Bertz CT molecular complexity index is 655. The first-order chi connectivity index (χ1) is 9.72. The zero-order chi connectivity index (χ0) is 13.9. The van der Waals surface area contributed by atoms with Crippen LogP contribution in [0.4, 0.5) is 0 Å². The molecule has 3 rings (SSSR count). The maximum Gasteiger partial charge on any atom is 0.169 e. The molecule has 20 heavy (non-hydrogen) atoms. The molecule has 0 unspecified atom stereocenters. The van der Waals surface area contributed by atoms with Crippen molar-refractivity contribution in [2.75, 3.05) is 0 Å². The van der Waals surface area contributed by atoms with E-state index in [0.717, 1.165) is 11.3 Å². The minimum absolute atomic E-state index is 0.997. The lowest BCUT2D eigenvalue weighted by atomic mass is 10.1. The number of rotatable bonds is 2. The van der Waals surface area contributed by atoms with Gasteiger partial charge >= 0.3 is 0 Å². The average molecular weight is 263 g/mol. The summed E-state index contributed by atoms with van der Waals surface area (Å²) in [5.41, 5.74) is 4.51. The lowest BCUT2D eigenvalue weighted by molar-refractivity contribution is -0.671. The van der Waals surface area contributed by atoms with E-state index in [9.17, 15) is 0 Å². The molecule has 0 radical (unpaired) electrons. The van der Waals surface area contributed by atoms with Crippen molar-refractivity contribution >= 4 is 0 Å². The van der Waals surface area contributed by atoms with Crippen molar-refractivity contribution in [3.8, 4) is 22.4 Å². The van der Waals surface area contributed by atoms with Gasteiger partial charge in [0.1, 0.15) is 14.1 Å². The van der Waals surface area contributed by atoms with Crippen LogP contribution in [0.3, 0.4) is 0 Å². The standard InChI is InChI=1S/C17H17N3/c1-19-9-4-14(5-10-19)16-3-8-18-17(13-16)15-6-11-20(2)12-7-15/h3-13H,1-2H3/q+2. The van der Waals surface area contributed by atoms with Gasteiger partial charge in [-0.2, -0.15) is 0 Å². The third-order valence-corrected chi connectivity index (χ3v) is 3.35. The molecule has 0 saturated heterocycles. The first-order valence-corrected chi connectivity index (χ1v) is 6.60. The van der Waals surface area contributed by atoms with Crippen molar-refractivity contribution in [3.63, 3.8) is 0 Å². The molecule has 0 atom stereocenters. The van der Waals surface area contributed by atoms with Crippen LogP contribution >= 0.6 is 0 Å². The van der Waals surface area contributed by atoms with Crippen LogP contribution in [0.5, 0.6) is 0 Å². The van der Waals surface area contributed by atoms with E-state index >= 15 is 0 Å². The van der Waals surface area contributed by atoms with Gasteiger partial charge in [0.05, 0.1) is 5.69 Å². The largest absolute Gasteiger partial charge is 0.256 e. The molecule has 0 bridgehead atoms. The summed E-state index contributed by atoms with van der Waals surface area (Å²) in [7, 11) is 4.03. The van der Waals surface area contributed by atoms with Crippen molar-refractivity contribution in [1.82, 2.24) is 4.98 Å². The van der Waals surface area contributed by atoms with Crippen LogP contribution in [0.25, 0.3) is 22.4 Å². The molecular weight excluding hydrogens is 246 g/mol. The fraction of sp³-hybridized carbons (Fsp3) is 0.118. The Morgan fingerprint density at radius 2 is 1.25 bits per heavy atom. The Hall–Kier alpha value is -2.55. The predicted octanol–water partition coefficient (Wildman–Crippen LogP) is 2.06. The summed E-state index contributed by atoms with van der Waals surface area (Å²) in [6, 6.07) is 12.6. The molecule has 3 heteroatoms. The fourth-order valence-electron chi connectivity index (χ4n) is 2.13. The van der Waals surface area contributed by atoms with Gasteiger partial charge in [-0.3, -0.25) is 4.98 Å². The highest BCUT2D eigenvalue weighted by atomic mass is 14.9. The number of nitrogens with zero attached hydrogens (tertiary/aromatic N) is 3. The molecule has 98 valence electrons.